The van der Waals surface area contributed by atoms with E-state index in [1.165, 1.54) is 0 Å². The third-order valence-corrected chi connectivity index (χ3v) is 6.82. The first-order valence-electron chi connectivity index (χ1n) is 13.8. The summed E-state index contributed by atoms with van der Waals surface area (Å²) in [5, 5.41) is 4.62. The number of carbonyl (C=O) groups excluding carboxylic acids is 2. The van der Waals surface area contributed by atoms with Crippen molar-refractivity contribution in [2.45, 2.75) is 84.7 Å². The molecule has 0 spiro atoms. The zero-order valence-electron chi connectivity index (χ0n) is 24.2. The quantitative estimate of drug-likeness (QED) is 0.386. The van der Waals surface area contributed by atoms with E-state index in [0.29, 0.717) is 37.5 Å². The molecule has 6 nitrogen and oxygen atoms in total. The summed E-state index contributed by atoms with van der Waals surface area (Å²) in [7, 11) is 2.02. The Hall–Kier alpha value is -2.48. The molecule has 2 rings (SSSR count). The van der Waals surface area contributed by atoms with Crippen LogP contribution in [0.3, 0.4) is 0 Å². The van der Waals surface area contributed by atoms with Crippen LogP contribution in [-0.4, -0.2) is 73.0 Å². The maximum atomic E-state index is 13.4. The average molecular weight is 536 g/mol. The van der Waals surface area contributed by atoms with E-state index in [1.54, 1.807) is 11.0 Å². The van der Waals surface area contributed by atoms with Crippen molar-refractivity contribution >= 4 is 24.7 Å². The summed E-state index contributed by atoms with van der Waals surface area (Å²) in [4.78, 5) is 28.8. The molecule has 1 unspecified atom stereocenters. The summed E-state index contributed by atoms with van der Waals surface area (Å²) >= 11 is 0. The van der Waals surface area contributed by atoms with E-state index in [2.05, 4.69) is 23.7 Å². The first kappa shape index (κ1) is 31.7. The van der Waals surface area contributed by atoms with E-state index in [1.807, 2.05) is 47.0 Å². The van der Waals surface area contributed by atoms with Gasteiger partial charge < -0.3 is 15.0 Å². The zero-order valence-corrected chi connectivity index (χ0v) is 24.2. The van der Waals surface area contributed by atoms with Crippen molar-refractivity contribution in [3.63, 3.8) is 0 Å². The number of benzene rings is 1. The molecule has 1 aliphatic heterocycles. The first-order valence-corrected chi connectivity index (χ1v) is 13.8. The van der Waals surface area contributed by atoms with Crippen LogP contribution in [0.25, 0.3) is 12.8 Å². The molecule has 214 valence electrons. The second kappa shape index (κ2) is 14.1. The van der Waals surface area contributed by atoms with Crippen molar-refractivity contribution in [3.8, 4) is 0 Å². The summed E-state index contributed by atoms with van der Waals surface area (Å²) < 4.78 is 32.2. The summed E-state index contributed by atoms with van der Waals surface area (Å²) in [6.45, 7) is 15.5. The minimum atomic E-state index is -2.63. The van der Waals surface area contributed by atoms with Crippen LogP contribution in [0.4, 0.5) is 8.78 Å². The van der Waals surface area contributed by atoms with Gasteiger partial charge in [-0.1, -0.05) is 26.0 Å². The van der Waals surface area contributed by atoms with Gasteiger partial charge in [0.1, 0.15) is 5.60 Å². The molecule has 8 heteroatoms. The highest BCUT2D eigenvalue weighted by molar-refractivity contribution is 5.95. The smallest absolute Gasteiger partial charge is 0.306 e. The Morgan fingerprint density at radius 3 is 2.61 bits per heavy atom. The van der Waals surface area contributed by atoms with Gasteiger partial charge in [-0.15, -0.1) is 0 Å². The Labute approximate surface area is 227 Å². The number of ether oxygens (including phenoxy) is 1. The molecule has 1 aromatic rings. The molecule has 0 aromatic heterocycles. The van der Waals surface area contributed by atoms with Crippen molar-refractivity contribution in [3.05, 3.63) is 33.7 Å². The van der Waals surface area contributed by atoms with Crippen LogP contribution in [0, 0.1) is 12.8 Å². The summed E-state index contributed by atoms with van der Waals surface area (Å²) in [6, 6.07) is 3.61. The number of rotatable bonds is 13. The highest BCUT2D eigenvalue weighted by Gasteiger charge is 2.37. The van der Waals surface area contributed by atoms with E-state index in [9.17, 15) is 18.4 Å². The topological polar surface area (TPSA) is 61.9 Å². The molecule has 1 N–H and O–H groups in total. The number of halogens is 2. The van der Waals surface area contributed by atoms with Crippen molar-refractivity contribution in [1.82, 2.24) is 15.1 Å². The van der Waals surface area contributed by atoms with Gasteiger partial charge in [-0.2, -0.15) is 0 Å². The van der Waals surface area contributed by atoms with E-state index < -0.39 is 11.5 Å². The Balaban J connectivity index is 1.99. The van der Waals surface area contributed by atoms with Crippen LogP contribution in [0.15, 0.2) is 12.1 Å². The molecule has 1 heterocycles. The average Bonchev–Trinajstić information content (AvgIpc) is 3.13. The molecule has 38 heavy (non-hydrogen) atoms. The molecule has 0 bridgehead atoms. The van der Waals surface area contributed by atoms with Gasteiger partial charge in [0.25, 0.3) is 11.8 Å². The van der Waals surface area contributed by atoms with Crippen LogP contribution in [0.5, 0.6) is 0 Å². The van der Waals surface area contributed by atoms with Crippen LogP contribution in [0.2, 0.25) is 0 Å². The van der Waals surface area contributed by atoms with Gasteiger partial charge in [0.15, 0.2) is 0 Å². The van der Waals surface area contributed by atoms with E-state index in [-0.39, 0.29) is 24.8 Å². The fourth-order valence-corrected chi connectivity index (χ4v) is 4.97. The SMILES string of the molecule is C=c1ccc(C(=O)NCCN2CCC(F)(F)C2)c(C)/c1=C/N(C)CC(CCC)CCCC(=O)OC(C)(C)C. The van der Waals surface area contributed by atoms with Gasteiger partial charge in [0, 0.05) is 63.1 Å². The maximum Gasteiger partial charge on any atom is 0.306 e. The Kier molecular flexibility index (Phi) is 11.7. The molecule has 0 saturated carbocycles. The highest BCUT2D eigenvalue weighted by atomic mass is 19.3. The Morgan fingerprint density at radius 2 is 2.00 bits per heavy atom. The first-order chi connectivity index (χ1) is 17.7. The fraction of sp³-hybridized carbons (Fsp3) is 0.667. The molecule has 0 radical (unpaired) electrons. The van der Waals surface area contributed by atoms with Crippen molar-refractivity contribution in [1.29, 1.82) is 0 Å². The second-order valence-electron chi connectivity index (χ2n) is 11.7. The van der Waals surface area contributed by atoms with Gasteiger partial charge in [-0.3, -0.25) is 14.5 Å². The van der Waals surface area contributed by atoms with Crippen LogP contribution in [-0.2, 0) is 9.53 Å². The number of nitrogens with one attached hydrogen (secondary N) is 1. The lowest BCUT2D eigenvalue weighted by Gasteiger charge is -2.24. The minimum Gasteiger partial charge on any atom is -0.460 e. The summed E-state index contributed by atoms with van der Waals surface area (Å²) in [5.74, 6) is -2.56. The molecule has 0 aliphatic carbocycles. The molecule has 1 saturated heterocycles. The number of likely N-dealkylation sites (tertiary alicyclic amines) is 1. The monoisotopic (exact) mass is 535 g/mol. The largest absolute Gasteiger partial charge is 0.460 e. The van der Waals surface area contributed by atoms with Gasteiger partial charge in [0.2, 0.25) is 0 Å². The van der Waals surface area contributed by atoms with Crippen LogP contribution >= 0.6 is 0 Å². The second-order valence-corrected chi connectivity index (χ2v) is 11.7. The minimum absolute atomic E-state index is 0.124. The standard InChI is InChI=1S/C30H47F2N3O3/c1-8-10-24(11-9-12-27(36)38-29(4,5)6)19-34(7)20-26-22(2)13-14-25(23(26)3)28(37)33-16-18-35-17-15-30(31,32)21-35/h13-14,20,24H,2,8-12,15-19,21H2,1,3-7H3,(H,33,37)/b26-20+. The molecule has 1 aromatic carbocycles. The van der Waals surface area contributed by atoms with E-state index >= 15 is 0 Å². The maximum absolute atomic E-state index is 13.4. The molecule has 1 aliphatic rings. The van der Waals surface area contributed by atoms with E-state index in [0.717, 1.165) is 48.2 Å². The number of hydrogen-bond donors (Lipinski definition) is 1. The van der Waals surface area contributed by atoms with Crippen molar-refractivity contribution < 1.29 is 23.1 Å². The lowest BCUT2D eigenvalue weighted by atomic mass is 9.96. The van der Waals surface area contributed by atoms with Gasteiger partial charge in [-0.25, -0.2) is 8.78 Å². The number of nitrogens with zero attached hydrogens (tertiary/aromatic N) is 2. The van der Waals surface area contributed by atoms with Crippen molar-refractivity contribution in [2.24, 2.45) is 5.92 Å². The normalized spacial score (nSPS) is 16.9. The Morgan fingerprint density at radius 1 is 1.29 bits per heavy atom. The fourth-order valence-electron chi connectivity index (χ4n) is 4.97. The number of hydrogen-bond acceptors (Lipinski definition) is 5. The molecule has 1 atom stereocenters. The molecular formula is C30H47F2N3O3. The molecule has 1 fully saturated rings. The van der Waals surface area contributed by atoms with Gasteiger partial charge in [0.05, 0.1) is 6.54 Å². The third kappa shape index (κ3) is 10.7. The third-order valence-electron chi connectivity index (χ3n) is 6.82. The predicted molar refractivity (Wildman–Crippen MR) is 149 cm³/mol. The number of esters is 1. The van der Waals surface area contributed by atoms with Gasteiger partial charge in [-0.05, 0) is 69.7 Å². The molecular weight excluding hydrogens is 488 g/mol. The highest BCUT2D eigenvalue weighted by Crippen LogP contribution is 2.26. The number of alkyl halides is 2. The number of carbonyl (C=O) groups is 2. The van der Waals surface area contributed by atoms with Crippen LogP contribution in [0.1, 0.15) is 82.1 Å². The summed E-state index contributed by atoms with van der Waals surface area (Å²) in [5.41, 5.74) is 0.938. The number of amides is 1. The lowest BCUT2D eigenvalue weighted by Crippen LogP contribution is -2.37. The lowest BCUT2D eigenvalue weighted by molar-refractivity contribution is -0.155. The molecule has 1 amide bonds. The van der Waals surface area contributed by atoms with Crippen molar-refractivity contribution in [2.75, 3.05) is 39.8 Å². The van der Waals surface area contributed by atoms with Gasteiger partial charge >= 0.3 is 5.97 Å². The predicted octanol–water partition coefficient (Wildman–Crippen LogP) is 4.07. The zero-order chi connectivity index (χ0) is 28.5. The Bertz CT molecular complexity index is 1050. The van der Waals surface area contributed by atoms with Crippen LogP contribution < -0.4 is 15.8 Å². The van der Waals surface area contributed by atoms with E-state index in [4.69, 9.17) is 4.74 Å². The summed E-state index contributed by atoms with van der Waals surface area (Å²) in [6.07, 6.45) is 6.19.